The molecular weight excluding hydrogens is 266 g/mol. The van der Waals surface area contributed by atoms with Gasteiger partial charge in [0.15, 0.2) is 0 Å². The lowest BCUT2D eigenvalue weighted by Gasteiger charge is -2.10. The van der Waals surface area contributed by atoms with E-state index in [0.717, 1.165) is 35.8 Å². The molecule has 5 nitrogen and oxygen atoms in total. The molecule has 0 unspecified atom stereocenters. The first-order chi connectivity index (χ1) is 10.2. The van der Waals surface area contributed by atoms with Crippen molar-refractivity contribution in [3.63, 3.8) is 0 Å². The molecule has 0 aliphatic carbocycles. The molecule has 1 aliphatic rings. The zero-order valence-corrected chi connectivity index (χ0v) is 11.8. The Labute approximate surface area is 123 Å². The Balaban J connectivity index is 1.77. The van der Waals surface area contributed by atoms with Gasteiger partial charge in [0, 0.05) is 36.2 Å². The van der Waals surface area contributed by atoms with E-state index in [9.17, 15) is 4.79 Å². The van der Waals surface area contributed by atoms with Crippen LogP contribution in [0.4, 0.5) is 5.69 Å². The van der Waals surface area contributed by atoms with Crippen LogP contribution < -0.4 is 15.4 Å². The predicted molar refractivity (Wildman–Crippen MR) is 80.6 cm³/mol. The molecule has 0 saturated heterocycles. The summed E-state index contributed by atoms with van der Waals surface area (Å²) in [4.78, 5) is 16.3. The summed E-state index contributed by atoms with van der Waals surface area (Å²) in [5.41, 5.74) is 3.24. The molecule has 21 heavy (non-hydrogen) atoms. The summed E-state index contributed by atoms with van der Waals surface area (Å²) in [5.74, 6) is 0.708. The van der Waals surface area contributed by atoms with Gasteiger partial charge in [0.1, 0.15) is 12.4 Å². The second-order valence-electron chi connectivity index (χ2n) is 4.99. The van der Waals surface area contributed by atoms with Crippen molar-refractivity contribution in [3.05, 3.63) is 53.3 Å². The zero-order valence-electron chi connectivity index (χ0n) is 11.8. The summed E-state index contributed by atoms with van der Waals surface area (Å²) in [6, 6.07) is 9.28. The lowest BCUT2D eigenvalue weighted by Crippen LogP contribution is -2.16. The molecule has 5 heteroatoms. The third-order valence-corrected chi connectivity index (χ3v) is 3.34. The summed E-state index contributed by atoms with van der Waals surface area (Å²) in [6.45, 7) is 4.12. The fraction of sp³-hybridized carbons (Fsp3) is 0.250. The van der Waals surface area contributed by atoms with Crippen LogP contribution in [0.5, 0.6) is 5.75 Å². The molecule has 0 bridgehead atoms. The van der Waals surface area contributed by atoms with Crippen LogP contribution in [0, 0.1) is 6.92 Å². The molecule has 2 heterocycles. The Morgan fingerprint density at radius 1 is 1.33 bits per heavy atom. The van der Waals surface area contributed by atoms with Gasteiger partial charge in [0.05, 0.1) is 5.56 Å². The Morgan fingerprint density at radius 3 is 3.05 bits per heavy atom. The van der Waals surface area contributed by atoms with Crippen LogP contribution in [-0.4, -0.2) is 24.0 Å². The van der Waals surface area contributed by atoms with Gasteiger partial charge < -0.3 is 15.4 Å². The molecule has 1 amide bonds. The van der Waals surface area contributed by atoms with Crippen molar-refractivity contribution in [2.24, 2.45) is 0 Å². The van der Waals surface area contributed by atoms with Gasteiger partial charge in [-0.25, -0.2) is 0 Å². The largest absolute Gasteiger partial charge is 0.492 e. The van der Waals surface area contributed by atoms with E-state index in [-0.39, 0.29) is 5.91 Å². The second-order valence-corrected chi connectivity index (χ2v) is 4.99. The SMILES string of the molecule is Cc1ccc(C(=O)Nc2ccc3c(c2)CNCCO3)cn1. The van der Waals surface area contributed by atoms with E-state index in [1.807, 2.05) is 31.2 Å². The van der Waals surface area contributed by atoms with E-state index in [2.05, 4.69) is 15.6 Å². The monoisotopic (exact) mass is 283 g/mol. The minimum atomic E-state index is -0.162. The summed E-state index contributed by atoms with van der Waals surface area (Å²) in [5, 5.41) is 6.16. The van der Waals surface area contributed by atoms with E-state index in [0.29, 0.717) is 12.2 Å². The van der Waals surface area contributed by atoms with Crippen LogP contribution in [0.15, 0.2) is 36.5 Å². The van der Waals surface area contributed by atoms with Gasteiger partial charge in [-0.3, -0.25) is 9.78 Å². The highest BCUT2D eigenvalue weighted by molar-refractivity contribution is 6.04. The minimum Gasteiger partial charge on any atom is -0.492 e. The van der Waals surface area contributed by atoms with Crippen LogP contribution in [0.2, 0.25) is 0 Å². The van der Waals surface area contributed by atoms with Crippen molar-refractivity contribution in [1.82, 2.24) is 10.3 Å². The van der Waals surface area contributed by atoms with Gasteiger partial charge in [-0.15, -0.1) is 0 Å². The number of carbonyl (C=O) groups is 1. The summed E-state index contributed by atoms with van der Waals surface area (Å²) in [6.07, 6.45) is 1.58. The molecule has 1 aromatic heterocycles. The fourth-order valence-corrected chi connectivity index (χ4v) is 2.20. The summed E-state index contributed by atoms with van der Waals surface area (Å²) < 4.78 is 5.62. The van der Waals surface area contributed by atoms with Crippen molar-refractivity contribution in [2.75, 3.05) is 18.5 Å². The molecule has 2 aromatic rings. The standard InChI is InChI=1S/C16H17N3O2/c1-11-2-3-12(10-18-11)16(20)19-14-4-5-15-13(8-14)9-17-6-7-21-15/h2-5,8,10,17H,6-7,9H2,1H3,(H,19,20). The van der Waals surface area contributed by atoms with Crippen molar-refractivity contribution in [1.29, 1.82) is 0 Å². The quantitative estimate of drug-likeness (QED) is 0.886. The second kappa shape index (κ2) is 5.93. The number of aryl methyl sites for hydroxylation is 1. The Kier molecular flexibility index (Phi) is 3.83. The van der Waals surface area contributed by atoms with Crippen molar-refractivity contribution in [3.8, 4) is 5.75 Å². The summed E-state index contributed by atoms with van der Waals surface area (Å²) in [7, 11) is 0. The normalized spacial score (nSPS) is 13.8. The number of amides is 1. The number of aromatic nitrogens is 1. The Morgan fingerprint density at radius 2 is 2.24 bits per heavy atom. The van der Waals surface area contributed by atoms with Crippen molar-refractivity contribution in [2.45, 2.75) is 13.5 Å². The maximum Gasteiger partial charge on any atom is 0.257 e. The third kappa shape index (κ3) is 3.20. The summed E-state index contributed by atoms with van der Waals surface area (Å²) >= 11 is 0. The predicted octanol–water partition coefficient (Wildman–Crippen LogP) is 2.12. The Bertz CT molecular complexity index is 653. The first-order valence-electron chi connectivity index (χ1n) is 6.93. The number of carbonyl (C=O) groups excluding carboxylic acids is 1. The minimum absolute atomic E-state index is 0.162. The van der Waals surface area contributed by atoms with Gasteiger partial charge >= 0.3 is 0 Å². The molecule has 0 saturated carbocycles. The van der Waals surface area contributed by atoms with Crippen molar-refractivity contribution >= 4 is 11.6 Å². The molecule has 0 spiro atoms. The molecule has 0 atom stereocenters. The van der Waals surface area contributed by atoms with Crippen molar-refractivity contribution < 1.29 is 9.53 Å². The van der Waals surface area contributed by atoms with E-state index < -0.39 is 0 Å². The lowest BCUT2D eigenvalue weighted by atomic mass is 10.1. The lowest BCUT2D eigenvalue weighted by molar-refractivity contribution is 0.102. The topological polar surface area (TPSA) is 63.2 Å². The van der Waals surface area contributed by atoms with Gasteiger partial charge in [0.2, 0.25) is 0 Å². The first kappa shape index (κ1) is 13.6. The average Bonchev–Trinajstić information content (AvgIpc) is 2.72. The zero-order chi connectivity index (χ0) is 14.7. The maximum atomic E-state index is 12.2. The number of ether oxygens (including phenoxy) is 1. The highest BCUT2D eigenvalue weighted by Crippen LogP contribution is 2.24. The van der Waals surface area contributed by atoms with Crippen LogP contribution in [0.1, 0.15) is 21.6 Å². The number of hydrogen-bond donors (Lipinski definition) is 2. The number of rotatable bonds is 2. The molecule has 0 radical (unpaired) electrons. The number of nitrogens with one attached hydrogen (secondary N) is 2. The number of nitrogens with zero attached hydrogens (tertiary/aromatic N) is 1. The highest BCUT2D eigenvalue weighted by atomic mass is 16.5. The number of anilines is 1. The number of hydrogen-bond acceptors (Lipinski definition) is 4. The molecule has 2 N–H and O–H groups in total. The molecule has 1 aromatic carbocycles. The number of pyridine rings is 1. The van der Waals surface area contributed by atoms with Crippen LogP contribution in [-0.2, 0) is 6.54 Å². The van der Waals surface area contributed by atoms with Gasteiger partial charge in [-0.2, -0.15) is 0 Å². The first-order valence-corrected chi connectivity index (χ1v) is 6.93. The van der Waals surface area contributed by atoms with Gasteiger partial charge in [-0.05, 0) is 37.3 Å². The van der Waals surface area contributed by atoms with Crippen LogP contribution in [0.25, 0.3) is 0 Å². The van der Waals surface area contributed by atoms with Gasteiger partial charge in [0.25, 0.3) is 5.91 Å². The van der Waals surface area contributed by atoms with E-state index in [4.69, 9.17) is 4.74 Å². The molecular formula is C16H17N3O2. The number of fused-ring (bicyclic) bond motifs is 1. The fourth-order valence-electron chi connectivity index (χ4n) is 2.20. The maximum absolute atomic E-state index is 12.2. The Hall–Kier alpha value is -2.40. The number of benzene rings is 1. The third-order valence-electron chi connectivity index (χ3n) is 3.34. The molecule has 0 fully saturated rings. The van der Waals surface area contributed by atoms with E-state index in [1.165, 1.54) is 0 Å². The molecule has 1 aliphatic heterocycles. The smallest absolute Gasteiger partial charge is 0.257 e. The molecule has 108 valence electrons. The molecule has 3 rings (SSSR count). The van der Waals surface area contributed by atoms with Crippen LogP contribution >= 0.6 is 0 Å². The van der Waals surface area contributed by atoms with E-state index >= 15 is 0 Å². The van der Waals surface area contributed by atoms with Gasteiger partial charge in [-0.1, -0.05) is 0 Å². The highest BCUT2D eigenvalue weighted by Gasteiger charge is 2.11. The van der Waals surface area contributed by atoms with Crippen LogP contribution in [0.3, 0.4) is 0 Å². The van der Waals surface area contributed by atoms with E-state index in [1.54, 1.807) is 12.3 Å². The average molecular weight is 283 g/mol.